The molecule has 0 fully saturated rings. The average molecular weight is 325 g/mol. The summed E-state index contributed by atoms with van der Waals surface area (Å²) >= 11 is 0. The van der Waals surface area contributed by atoms with Crippen LogP contribution in [0.2, 0.25) is 0 Å². The number of fused-ring (bicyclic) bond motifs is 1. The van der Waals surface area contributed by atoms with E-state index in [9.17, 15) is 14.8 Å². The van der Waals surface area contributed by atoms with E-state index < -0.39 is 17.9 Å². The second-order valence-electron chi connectivity index (χ2n) is 5.08. The van der Waals surface area contributed by atoms with Crippen LogP contribution in [0.1, 0.15) is 22.2 Å². The van der Waals surface area contributed by atoms with Crippen molar-refractivity contribution < 1.29 is 19.5 Å². The monoisotopic (exact) mass is 325 g/mol. The van der Waals surface area contributed by atoms with Crippen molar-refractivity contribution in [2.75, 3.05) is 7.11 Å². The molecule has 2 aromatic carbocycles. The number of nitrogens with zero attached hydrogens (tertiary/aromatic N) is 2. The molecule has 122 valence electrons. The molecular weight excluding hydrogens is 310 g/mol. The normalized spacial score (nSPS) is 11.9. The van der Waals surface area contributed by atoms with Crippen molar-refractivity contribution >= 4 is 22.9 Å². The van der Waals surface area contributed by atoms with Gasteiger partial charge in [0.15, 0.2) is 6.04 Å². The number of carbonyl (C=O) groups is 2. The largest absolute Gasteiger partial charge is 0.467 e. The van der Waals surface area contributed by atoms with Gasteiger partial charge in [0.25, 0.3) is 5.91 Å². The molecule has 2 N–H and O–H groups in total. The van der Waals surface area contributed by atoms with Crippen LogP contribution in [0.5, 0.6) is 0 Å². The van der Waals surface area contributed by atoms with Crippen molar-refractivity contribution in [2.24, 2.45) is 0 Å². The van der Waals surface area contributed by atoms with E-state index in [4.69, 9.17) is 4.74 Å². The third kappa shape index (κ3) is 2.79. The summed E-state index contributed by atoms with van der Waals surface area (Å²) in [6.07, 6.45) is 0. The van der Waals surface area contributed by atoms with Crippen molar-refractivity contribution in [3.8, 4) is 0 Å². The highest BCUT2D eigenvalue weighted by atomic mass is 16.5. The Bertz CT molecular complexity index is 889. The van der Waals surface area contributed by atoms with Gasteiger partial charge in [-0.25, -0.2) is 9.78 Å². The van der Waals surface area contributed by atoms with E-state index in [-0.39, 0.29) is 5.82 Å². The predicted octanol–water partition coefficient (Wildman–Crippen LogP) is 1.92. The Hall–Kier alpha value is -3.35. The predicted molar refractivity (Wildman–Crippen MR) is 85.6 cm³/mol. The molecule has 1 atom stereocenters. The van der Waals surface area contributed by atoms with Gasteiger partial charge >= 0.3 is 5.97 Å². The lowest BCUT2D eigenvalue weighted by atomic mass is 10.1. The van der Waals surface area contributed by atoms with Crippen molar-refractivity contribution in [3.63, 3.8) is 0 Å². The van der Waals surface area contributed by atoms with E-state index in [0.717, 1.165) is 0 Å². The number of benzene rings is 2. The molecule has 1 unspecified atom stereocenters. The molecule has 0 aliphatic carbocycles. The van der Waals surface area contributed by atoms with Crippen molar-refractivity contribution in [1.82, 2.24) is 15.0 Å². The van der Waals surface area contributed by atoms with Crippen LogP contribution in [0, 0.1) is 0 Å². The number of nitrogens with one attached hydrogen (secondary N) is 1. The van der Waals surface area contributed by atoms with Crippen molar-refractivity contribution in [2.45, 2.75) is 6.04 Å². The highest BCUT2D eigenvalue weighted by Gasteiger charge is 2.26. The molecule has 0 saturated heterocycles. The van der Waals surface area contributed by atoms with Crippen LogP contribution >= 0.6 is 0 Å². The van der Waals surface area contributed by atoms with Crippen molar-refractivity contribution in [1.29, 1.82) is 0 Å². The summed E-state index contributed by atoms with van der Waals surface area (Å²) in [5.74, 6) is -1.51. The standard InChI is InChI=1S/C17H15N3O4/c1-24-17(22)14(11-7-3-2-4-8-11)19-16(21)15-18-12-9-5-6-10-13(12)20(15)23/h2-10,14,23H,1H3,(H,19,21). The fourth-order valence-electron chi connectivity index (χ4n) is 2.40. The summed E-state index contributed by atoms with van der Waals surface area (Å²) in [5.41, 5.74) is 1.44. The van der Waals surface area contributed by atoms with Gasteiger partial charge in [0.1, 0.15) is 5.52 Å². The first-order chi connectivity index (χ1) is 11.6. The van der Waals surface area contributed by atoms with Gasteiger partial charge in [-0.3, -0.25) is 4.79 Å². The van der Waals surface area contributed by atoms with E-state index in [1.54, 1.807) is 54.6 Å². The molecule has 1 amide bonds. The Kier molecular flexibility index (Phi) is 4.15. The summed E-state index contributed by atoms with van der Waals surface area (Å²) in [5, 5.41) is 12.7. The van der Waals surface area contributed by atoms with Gasteiger partial charge < -0.3 is 15.3 Å². The number of aromatic nitrogens is 2. The second-order valence-corrected chi connectivity index (χ2v) is 5.08. The smallest absolute Gasteiger partial charge is 0.333 e. The zero-order valence-corrected chi connectivity index (χ0v) is 12.8. The van der Waals surface area contributed by atoms with E-state index >= 15 is 0 Å². The molecule has 24 heavy (non-hydrogen) atoms. The number of amides is 1. The minimum Gasteiger partial charge on any atom is -0.467 e. The number of rotatable bonds is 4. The summed E-state index contributed by atoms with van der Waals surface area (Å²) in [4.78, 5) is 28.6. The maximum Gasteiger partial charge on any atom is 0.333 e. The fourth-order valence-corrected chi connectivity index (χ4v) is 2.40. The molecule has 0 aliphatic heterocycles. The summed E-state index contributed by atoms with van der Waals surface area (Å²) in [6, 6.07) is 14.5. The number of carbonyl (C=O) groups excluding carboxylic acids is 2. The third-order valence-electron chi connectivity index (χ3n) is 3.59. The molecule has 0 saturated carbocycles. The number of esters is 1. The van der Waals surface area contributed by atoms with Crippen molar-refractivity contribution in [3.05, 3.63) is 66.0 Å². The Labute approximate surface area is 137 Å². The van der Waals surface area contributed by atoms with Gasteiger partial charge in [-0.2, -0.15) is 4.73 Å². The number of hydrogen-bond donors (Lipinski definition) is 2. The molecule has 0 radical (unpaired) electrons. The SMILES string of the molecule is COC(=O)C(NC(=O)c1nc2ccccc2n1O)c1ccccc1. The molecule has 0 aliphatic rings. The highest BCUT2D eigenvalue weighted by Crippen LogP contribution is 2.17. The first-order valence-electron chi connectivity index (χ1n) is 7.22. The van der Waals surface area contributed by atoms with E-state index in [1.165, 1.54) is 7.11 Å². The minimum absolute atomic E-state index is 0.207. The fraction of sp³-hybridized carbons (Fsp3) is 0.118. The van der Waals surface area contributed by atoms with Gasteiger partial charge in [0.05, 0.1) is 12.6 Å². The molecule has 3 aromatic rings. The lowest BCUT2D eigenvalue weighted by Crippen LogP contribution is -2.35. The Balaban J connectivity index is 1.93. The maximum atomic E-state index is 12.5. The number of ether oxygens (including phenoxy) is 1. The Morgan fingerprint density at radius 3 is 2.46 bits per heavy atom. The number of hydrogen-bond acceptors (Lipinski definition) is 5. The average Bonchev–Trinajstić information content (AvgIpc) is 2.97. The van der Waals surface area contributed by atoms with E-state index in [2.05, 4.69) is 10.3 Å². The molecule has 7 nitrogen and oxygen atoms in total. The Morgan fingerprint density at radius 2 is 1.79 bits per heavy atom. The van der Waals surface area contributed by atoms with Crippen LogP contribution < -0.4 is 5.32 Å². The minimum atomic E-state index is -0.997. The molecule has 1 aromatic heterocycles. The number of methoxy groups -OCH3 is 1. The van der Waals surface area contributed by atoms with E-state index in [0.29, 0.717) is 21.3 Å². The maximum absolute atomic E-state index is 12.5. The van der Waals surface area contributed by atoms with Crippen LogP contribution in [0.4, 0.5) is 0 Å². The molecular formula is C17H15N3O4. The lowest BCUT2D eigenvalue weighted by molar-refractivity contribution is -0.143. The van der Waals surface area contributed by atoms with Crippen LogP contribution in [0.3, 0.4) is 0 Å². The zero-order valence-electron chi connectivity index (χ0n) is 12.8. The third-order valence-corrected chi connectivity index (χ3v) is 3.59. The lowest BCUT2D eigenvalue weighted by Gasteiger charge is -2.16. The quantitative estimate of drug-likeness (QED) is 0.564. The van der Waals surface area contributed by atoms with Crippen LogP contribution in [0.25, 0.3) is 11.0 Å². The molecule has 3 rings (SSSR count). The van der Waals surface area contributed by atoms with Crippen LogP contribution in [-0.2, 0) is 9.53 Å². The molecule has 0 spiro atoms. The summed E-state index contributed by atoms with van der Waals surface area (Å²) in [7, 11) is 1.24. The van der Waals surface area contributed by atoms with Gasteiger partial charge in [-0.15, -0.1) is 0 Å². The van der Waals surface area contributed by atoms with Gasteiger partial charge in [0, 0.05) is 0 Å². The summed E-state index contributed by atoms with van der Waals surface area (Å²) < 4.78 is 5.45. The second kappa shape index (κ2) is 6.41. The number of imidazole rings is 1. The first-order valence-corrected chi connectivity index (χ1v) is 7.22. The van der Waals surface area contributed by atoms with Crippen LogP contribution in [-0.4, -0.2) is 33.9 Å². The van der Waals surface area contributed by atoms with Gasteiger partial charge in [0.2, 0.25) is 5.82 Å². The molecule has 7 heteroatoms. The molecule has 1 heterocycles. The molecule has 0 bridgehead atoms. The highest BCUT2D eigenvalue weighted by molar-refractivity contribution is 5.97. The topological polar surface area (TPSA) is 93.5 Å². The first kappa shape index (κ1) is 15.5. The zero-order chi connectivity index (χ0) is 17.1. The van der Waals surface area contributed by atoms with E-state index in [1.807, 2.05) is 0 Å². The Morgan fingerprint density at radius 1 is 1.12 bits per heavy atom. The van der Waals surface area contributed by atoms with Crippen LogP contribution in [0.15, 0.2) is 54.6 Å². The van der Waals surface area contributed by atoms with Gasteiger partial charge in [-0.1, -0.05) is 42.5 Å². The number of para-hydroxylation sites is 2. The summed E-state index contributed by atoms with van der Waals surface area (Å²) in [6.45, 7) is 0. The van der Waals surface area contributed by atoms with Gasteiger partial charge in [-0.05, 0) is 17.7 Å².